The van der Waals surface area contributed by atoms with Crippen molar-refractivity contribution < 1.29 is 18.0 Å². The van der Waals surface area contributed by atoms with Crippen LogP contribution in [0.5, 0.6) is 0 Å². The van der Waals surface area contributed by atoms with E-state index in [0.717, 1.165) is 18.4 Å². The van der Waals surface area contributed by atoms with Crippen molar-refractivity contribution in [2.75, 3.05) is 20.1 Å². The summed E-state index contributed by atoms with van der Waals surface area (Å²) in [7, 11) is -2.07. The SMILES string of the molecule is CNS(=O)(=O)c1ccc(CCC(=O)NC2CCN(C(=O)C(C)(C)C)CC2)cc1. The molecule has 1 aromatic rings. The van der Waals surface area contributed by atoms with Crippen molar-refractivity contribution in [3.63, 3.8) is 0 Å². The molecule has 0 atom stereocenters. The van der Waals surface area contributed by atoms with Gasteiger partial charge in [-0.3, -0.25) is 9.59 Å². The Morgan fingerprint density at radius 3 is 2.18 bits per heavy atom. The number of hydrogen-bond acceptors (Lipinski definition) is 4. The lowest BCUT2D eigenvalue weighted by molar-refractivity contribution is -0.140. The number of likely N-dealkylation sites (tertiary alicyclic amines) is 1. The van der Waals surface area contributed by atoms with Crippen LogP contribution in [0.15, 0.2) is 29.2 Å². The van der Waals surface area contributed by atoms with Gasteiger partial charge in [0.15, 0.2) is 0 Å². The van der Waals surface area contributed by atoms with Crippen molar-refractivity contribution in [3.05, 3.63) is 29.8 Å². The van der Waals surface area contributed by atoms with Crippen molar-refractivity contribution >= 4 is 21.8 Å². The van der Waals surface area contributed by atoms with E-state index < -0.39 is 10.0 Å². The first-order valence-electron chi connectivity index (χ1n) is 9.64. The summed E-state index contributed by atoms with van der Waals surface area (Å²) in [5.41, 5.74) is 0.536. The number of carbonyl (C=O) groups is 2. The van der Waals surface area contributed by atoms with Crippen LogP contribution in [0, 0.1) is 5.41 Å². The van der Waals surface area contributed by atoms with Crippen LogP contribution in [0.3, 0.4) is 0 Å². The summed E-state index contributed by atoms with van der Waals surface area (Å²) in [5.74, 6) is 0.133. The van der Waals surface area contributed by atoms with E-state index in [-0.39, 0.29) is 28.2 Å². The number of amides is 2. The highest BCUT2D eigenvalue weighted by molar-refractivity contribution is 7.89. The molecule has 1 heterocycles. The van der Waals surface area contributed by atoms with E-state index in [1.807, 2.05) is 25.7 Å². The van der Waals surface area contributed by atoms with Gasteiger partial charge in [-0.1, -0.05) is 32.9 Å². The maximum absolute atomic E-state index is 12.3. The number of nitrogens with one attached hydrogen (secondary N) is 2. The summed E-state index contributed by atoms with van der Waals surface area (Å²) < 4.78 is 25.7. The Morgan fingerprint density at radius 1 is 1.11 bits per heavy atom. The molecule has 28 heavy (non-hydrogen) atoms. The van der Waals surface area contributed by atoms with Crippen molar-refractivity contribution in [2.45, 2.75) is 57.4 Å². The number of rotatable bonds is 6. The minimum atomic E-state index is -3.44. The standard InChI is InChI=1S/C20H31N3O4S/c1-20(2,3)19(25)23-13-11-16(12-14-23)22-18(24)10-7-15-5-8-17(9-6-15)28(26,27)21-4/h5-6,8-9,16,21H,7,10-14H2,1-4H3,(H,22,24). The zero-order chi connectivity index (χ0) is 20.9. The number of hydrogen-bond donors (Lipinski definition) is 2. The van der Waals surface area contributed by atoms with E-state index in [2.05, 4.69) is 10.0 Å². The Morgan fingerprint density at radius 2 is 1.68 bits per heavy atom. The smallest absolute Gasteiger partial charge is 0.240 e. The first-order valence-corrected chi connectivity index (χ1v) is 11.1. The van der Waals surface area contributed by atoms with Gasteiger partial charge in [-0.25, -0.2) is 13.1 Å². The fraction of sp³-hybridized carbons (Fsp3) is 0.600. The Kier molecular flexibility index (Phi) is 7.22. The summed E-state index contributed by atoms with van der Waals surface area (Å²) in [6.07, 6.45) is 2.43. The van der Waals surface area contributed by atoms with E-state index >= 15 is 0 Å². The normalized spacial score (nSPS) is 16.1. The van der Waals surface area contributed by atoms with E-state index in [4.69, 9.17) is 0 Å². The third-order valence-electron chi connectivity index (χ3n) is 4.93. The molecule has 0 aliphatic carbocycles. The number of sulfonamides is 1. The summed E-state index contributed by atoms with van der Waals surface area (Å²) in [6.45, 7) is 7.10. The Balaban J connectivity index is 1.77. The van der Waals surface area contributed by atoms with Crippen LogP contribution in [-0.2, 0) is 26.0 Å². The molecule has 0 aromatic heterocycles. The Labute approximate surface area is 167 Å². The van der Waals surface area contributed by atoms with Gasteiger partial charge in [-0.2, -0.15) is 0 Å². The minimum absolute atomic E-state index is 0.0208. The molecule has 0 unspecified atom stereocenters. The van der Waals surface area contributed by atoms with Crippen LogP contribution in [-0.4, -0.2) is 51.3 Å². The predicted octanol–water partition coefficient (Wildman–Crippen LogP) is 1.68. The fourth-order valence-corrected chi connectivity index (χ4v) is 3.94. The van der Waals surface area contributed by atoms with Gasteiger partial charge in [0.05, 0.1) is 4.90 Å². The van der Waals surface area contributed by atoms with E-state index in [0.29, 0.717) is 25.9 Å². The third kappa shape index (κ3) is 6.04. The molecule has 1 aromatic carbocycles. The van der Waals surface area contributed by atoms with E-state index in [9.17, 15) is 18.0 Å². The second kappa shape index (κ2) is 9.05. The van der Waals surface area contributed by atoms with Gasteiger partial charge in [-0.15, -0.1) is 0 Å². The van der Waals surface area contributed by atoms with Crippen molar-refractivity contribution in [3.8, 4) is 0 Å². The molecule has 156 valence electrons. The molecule has 2 N–H and O–H groups in total. The van der Waals surface area contributed by atoms with Gasteiger partial charge in [0.1, 0.15) is 0 Å². The first kappa shape index (κ1) is 22.4. The summed E-state index contributed by atoms with van der Waals surface area (Å²) in [5, 5.41) is 3.05. The molecular formula is C20H31N3O4S. The van der Waals surface area contributed by atoms with Gasteiger partial charge in [-0.05, 0) is 44.0 Å². The summed E-state index contributed by atoms with van der Waals surface area (Å²) in [4.78, 5) is 26.6. The summed E-state index contributed by atoms with van der Waals surface area (Å²) >= 11 is 0. The molecule has 0 radical (unpaired) electrons. The zero-order valence-electron chi connectivity index (χ0n) is 17.1. The van der Waals surface area contributed by atoms with Crippen LogP contribution < -0.4 is 10.0 Å². The van der Waals surface area contributed by atoms with E-state index in [1.165, 1.54) is 7.05 Å². The lowest BCUT2D eigenvalue weighted by atomic mass is 9.93. The molecule has 0 bridgehead atoms. The van der Waals surface area contributed by atoms with Crippen LogP contribution in [0.25, 0.3) is 0 Å². The molecule has 1 saturated heterocycles. The third-order valence-corrected chi connectivity index (χ3v) is 6.36. The first-order chi connectivity index (χ1) is 13.0. The van der Waals surface area contributed by atoms with Gasteiger partial charge < -0.3 is 10.2 Å². The van der Waals surface area contributed by atoms with Crippen molar-refractivity contribution in [1.82, 2.24) is 14.9 Å². The number of carbonyl (C=O) groups excluding carboxylic acids is 2. The lowest BCUT2D eigenvalue weighted by Crippen LogP contribution is -2.49. The highest BCUT2D eigenvalue weighted by Crippen LogP contribution is 2.21. The molecule has 8 heteroatoms. The van der Waals surface area contributed by atoms with Gasteiger partial charge in [0, 0.05) is 31.0 Å². The van der Waals surface area contributed by atoms with Crippen LogP contribution in [0.4, 0.5) is 0 Å². The van der Waals surface area contributed by atoms with Crippen molar-refractivity contribution in [1.29, 1.82) is 0 Å². The molecule has 1 fully saturated rings. The van der Waals surface area contributed by atoms with Crippen LogP contribution in [0.2, 0.25) is 0 Å². The van der Waals surface area contributed by atoms with Gasteiger partial charge in [0.2, 0.25) is 21.8 Å². The molecule has 1 aliphatic heterocycles. The topological polar surface area (TPSA) is 95.6 Å². The van der Waals surface area contributed by atoms with Crippen molar-refractivity contribution in [2.24, 2.45) is 5.41 Å². The maximum Gasteiger partial charge on any atom is 0.240 e. The maximum atomic E-state index is 12.3. The quantitative estimate of drug-likeness (QED) is 0.747. The monoisotopic (exact) mass is 409 g/mol. The zero-order valence-corrected chi connectivity index (χ0v) is 17.9. The molecule has 1 aliphatic rings. The van der Waals surface area contributed by atoms with Crippen LogP contribution in [0.1, 0.15) is 45.6 Å². The van der Waals surface area contributed by atoms with Crippen LogP contribution >= 0.6 is 0 Å². The largest absolute Gasteiger partial charge is 0.353 e. The number of nitrogens with zero attached hydrogens (tertiary/aromatic N) is 1. The molecule has 2 amide bonds. The molecule has 0 spiro atoms. The van der Waals surface area contributed by atoms with Gasteiger partial charge >= 0.3 is 0 Å². The number of aryl methyl sites for hydroxylation is 1. The molecule has 0 saturated carbocycles. The fourth-order valence-electron chi connectivity index (χ4n) is 3.21. The predicted molar refractivity (Wildman–Crippen MR) is 108 cm³/mol. The number of piperidine rings is 1. The van der Waals surface area contributed by atoms with Gasteiger partial charge in [0.25, 0.3) is 0 Å². The average molecular weight is 410 g/mol. The average Bonchev–Trinajstić information content (AvgIpc) is 2.66. The second-order valence-electron chi connectivity index (χ2n) is 8.24. The van der Waals surface area contributed by atoms with E-state index in [1.54, 1.807) is 24.3 Å². The summed E-state index contributed by atoms with van der Waals surface area (Å²) in [6, 6.07) is 6.64. The second-order valence-corrected chi connectivity index (χ2v) is 10.1. The minimum Gasteiger partial charge on any atom is -0.353 e. The number of benzene rings is 1. The Hall–Kier alpha value is -1.93. The molecular weight excluding hydrogens is 378 g/mol. The highest BCUT2D eigenvalue weighted by atomic mass is 32.2. The molecule has 2 rings (SSSR count). The molecule has 7 nitrogen and oxygen atoms in total. The highest BCUT2D eigenvalue weighted by Gasteiger charge is 2.30. The lowest BCUT2D eigenvalue weighted by Gasteiger charge is -2.36. The Bertz CT molecular complexity index is 790.